The predicted molar refractivity (Wildman–Crippen MR) is 64.3 cm³/mol. The number of aliphatic hydroxyl groups is 1. The van der Waals surface area contributed by atoms with Crippen LogP contribution in [0.4, 0.5) is 0 Å². The smallest absolute Gasteiger partial charge is 0.0913 e. The minimum atomic E-state index is -0.521. The van der Waals surface area contributed by atoms with Crippen molar-refractivity contribution in [3.8, 4) is 0 Å². The largest absolute Gasteiger partial charge is 0.390 e. The third-order valence-corrected chi connectivity index (χ3v) is 3.01. The Morgan fingerprint density at radius 3 is 2.69 bits per heavy atom. The Hall–Kier alpha value is -0.930. The number of rotatable bonds is 6. The summed E-state index contributed by atoms with van der Waals surface area (Å²) in [7, 11) is 0. The second kappa shape index (κ2) is 5.97. The van der Waals surface area contributed by atoms with Crippen LogP contribution in [0.5, 0.6) is 0 Å². The molecule has 0 saturated carbocycles. The van der Waals surface area contributed by atoms with E-state index in [0.29, 0.717) is 13.0 Å². The van der Waals surface area contributed by atoms with Gasteiger partial charge in [0.2, 0.25) is 0 Å². The Morgan fingerprint density at radius 2 is 2.19 bits per heavy atom. The molecule has 0 bridgehead atoms. The molecule has 1 aromatic heterocycles. The molecule has 1 heterocycles. The van der Waals surface area contributed by atoms with Crippen LogP contribution in [0.25, 0.3) is 0 Å². The summed E-state index contributed by atoms with van der Waals surface area (Å²) < 4.78 is 5.63. The van der Waals surface area contributed by atoms with Gasteiger partial charge in [-0.25, -0.2) is 0 Å². The van der Waals surface area contributed by atoms with Crippen molar-refractivity contribution >= 4 is 0 Å². The monoisotopic (exact) mass is 223 g/mol. The van der Waals surface area contributed by atoms with Crippen LogP contribution in [0.3, 0.4) is 0 Å². The van der Waals surface area contributed by atoms with Crippen molar-refractivity contribution in [2.75, 3.05) is 6.61 Å². The number of aliphatic hydroxyl groups excluding tert-OH is 1. The maximum atomic E-state index is 10.2. The molecule has 0 amide bonds. The number of aromatic nitrogens is 1. The molecule has 0 aromatic carbocycles. The Balaban J connectivity index is 2.66. The predicted octanol–water partition coefficient (Wildman–Crippen LogP) is 2.19. The highest BCUT2D eigenvalue weighted by Gasteiger charge is 2.31. The summed E-state index contributed by atoms with van der Waals surface area (Å²) in [5.41, 5.74) is 0.418. The summed E-state index contributed by atoms with van der Waals surface area (Å²) in [4.78, 5) is 4.21. The standard InChI is InChI=1S/C13H21NO2/c1-4-13(3,16-5-2)12(15)10-11-8-6-7-9-14-11/h6-9,12,15H,4-5,10H2,1-3H3. The van der Waals surface area contributed by atoms with Gasteiger partial charge in [0.1, 0.15) is 0 Å². The van der Waals surface area contributed by atoms with E-state index >= 15 is 0 Å². The average molecular weight is 223 g/mol. The molecule has 0 aliphatic heterocycles. The van der Waals surface area contributed by atoms with E-state index in [1.54, 1.807) is 6.20 Å². The van der Waals surface area contributed by atoms with Crippen molar-refractivity contribution < 1.29 is 9.84 Å². The fourth-order valence-electron chi connectivity index (χ4n) is 1.70. The molecule has 0 spiro atoms. The average Bonchev–Trinajstić information content (AvgIpc) is 2.30. The summed E-state index contributed by atoms with van der Waals surface area (Å²) in [6.07, 6.45) is 2.54. The molecule has 2 atom stereocenters. The van der Waals surface area contributed by atoms with Crippen LogP contribution in [0.15, 0.2) is 24.4 Å². The van der Waals surface area contributed by atoms with E-state index < -0.39 is 11.7 Å². The lowest BCUT2D eigenvalue weighted by atomic mass is 9.92. The normalized spacial score (nSPS) is 16.8. The van der Waals surface area contributed by atoms with E-state index in [1.807, 2.05) is 39.0 Å². The number of ether oxygens (including phenoxy) is 1. The molecule has 0 aliphatic rings. The van der Waals surface area contributed by atoms with E-state index in [0.717, 1.165) is 12.1 Å². The molecule has 0 fully saturated rings. The van der Waals surface area contributed by atoms with Gasteiger partial charge in [0, 0.05) is 24.9 Å². The van der Waals surface area contributed by atoms with Crippen LogP contribution in [0.1, 0.15) is 32.9 Å². The van der Waals surface area contributed by atoms with Gasteiger partial charge in [-0.3, -0.25) is 4.98 Å². The molecule has 0 aliphatic carbocycles. The molecule has 16 heavy (non-hydrogen) atoms. The maximum absolute atomic E-state index is 10.2. The quantitative estimate of drug-likeness (QED) is 0.804. The van der Waals surface area contributed by atoms with Gasteiger partial charge in [0.05, 0.1) is 11.7 Å². The van der Waals surface area contributed by atoms with Gasteiger partial charge in [-0.1, -0.05) is 13.0 Å². The van der Waals surface area contributed by atoms with Crippen molar-refractivity contribution in [3.05, 3.63) is 30.1 Å². The summed E-state index contributed by atoms with van der Waals surface area (Å²) in [6, 6.07) is 5.72. The molecule has 0 saturated heterocycles. The summed E-state index contributed by atoms with van der Waals surface area (Å²) >= 11 is 0. The van der Waals surface area contributed by atoms with Gasteiger partial charge < -0.3 is 9.84 Å². The zero-order chi connectivity index (χ0) is 12.0. The van der Waals surface area contributed by atoms with Crippen molar-refractivity contribution in [2.24, 2.45) is 0 Å². The van der Waals surface area contributed by atoms with Crippen molar-refractivity contribution in [1.29, 1.82) is 0 Å². The van der Waals surface area contributed by atoms with Crippen molar-refractivity contribution in [3.63, 3.8) is 0 Å². The lowest BCUT2D eigenvalue weighted by molar-refractivity contribution is -0.110. The van der Waals surface area contributed by atoms with Gasteiger partial charge in [-0.2, -0.15) is 0 Å². The third-order valence-electron chi connectivity index (χ3n) is 3.01. The van der Waals surface area contributed by atoms with Crippen LogP contribution in [-0.4, -0.2) is 28.4 Å². The lowest BCUT2D eigenvalue weighted by Crippen LogP contribution is -2.43. The molecule has 2 unspecified atom stereocenters. The van der Waals surface area contributed by atoms with Gasteiger partial charge >= 0.3 is 0 Å². The number of pyridine rings is 1. The summed E-state index contributed by atoms with van der Waals surface area (Å²) in [6.45, 7) is 6.53. The SMILES string of the molecule is CCOC(C)(CC)C(O)Cc1ccccn1. The first-order valence-corrected chi connectivity index (χ1v) is 5.84. The first-order valence-electron chi connectivity index (χ1n) is 5.84. The molecule has 3 nitrogen and oxygen atoms in total. The van der Waals surface area contributed by atoms with E-state index in [4.69, 9.17) is 4.74 Å². The Morgan fingerprint density at radius 1 is 1.44 bits per heavy atom. The van der Waals surface area contributed by atoms with Crippen LogP contribution in [0, 0.1) is 0 Å². The Labute approximate surface area is 97.5 Å². The maximum Gasteiger partial charge on any atom is 0.0913 e. The summed E-state index contributed by atoms with van der Waals surface area (Å²) in [5.74, 6) is 0. The van der Waals surface area contributed by atoms with Crippen LogP contribution in [-0.2, 0) is 11.2 Å². The highest BCUT2D eigenvalue weighted by atomic mass is 16.5. The highest BCUT2D eigenvalue weighted by molar-refractivity contribution is 5.06. The number of hydrogen-bond donors (Lipinski definition) is 1. The lowest BCUT2D eigenvalue weighted by Gasteiger charge is -2.33. The Kier molecular flexibility index (Phi) is 4.90. The molecule has 1 rings (SSSR count). The minimum absolute atomic E-state index is 0.480. The van der Waals surface area contributed by atoms with Gasteiger partial charge in [0.25, 0.3) is 0 Å². The van der Waals surface area contributed by atoms with Crippen LogP contribution >= 0.6 is 0 Å². The highest BCUT2D eigenvalue weighted by Crippen LogP contribution is 2.22. The molecule has 3 heteroatoms. The molecular formula is C13H21NO2. The van der Waals surface area contributed by atoms with Gasteiger partial charge in [-0.15, -0.1) is 0 Å². The molecule has 90 valence electrons. The third kappa shape index (κ3) is 3.29. The Bertz CT molecular complexity index is 302. The first kappa shape index (κ1) is 13.1. The fraction of sp³-hybridized carbons (Fsp3) is 0.615. The zero-order valence-electron chi connectivity index (χ0n) is 10.3. The first-order chi connectivity index (χ1) is 7.62. The van der Waals surface area contributed by atoms with E-state index in [-0.39, 0.29) is 0 Å². The van der Waals surface area contributed by atoms with Crippen molar-refractivity contribution in [1.82, 2.24) is 4.98 Å². The van der Waals surface area contributed by atoms with E-state index in [2.05, 4.69) is 4.98 Å². The number of hydrogen-bond acceptors (Lipinski definition) is 3. The van der Waals surface area contributed by atoms with Crippen LogP contribution < -0.4 is 0 Å². The molecule has 1 N–H and O–H groups in total. The number of nitrogens with zero attached hydrogens (tertiary/aromatic N) is 1. The minimum Gasteiger partial charge on any atom is -0.390 e. The van der Waals surface area contributed by atoms with Gasteiger partial charge in [0.15, 0.2) is 0 Å². The fourth-order valence-corrected chi connectivity index (χ4v) is 1.70. The molecular weight excluding hydrogens is 202 g/mol. The zero-order valence-corrected chi connectivity index (χ0v) is 10.3. The van der Waals surface area contributed by atoms with E-state index in [1.165, 1.54) is 0 Å². The second-order valence-electron chi connectivity index (χ2n) is 4.14. The van der Waals surface area contributed by atoms with Gasteiger partial charge in [-0.05, 0) is 32.4 Å². The second-order valence-corrected chi connectivity index (χ2v) is 4.14. The van der Waals surface area contributed by atoms with Crippen molar-refractivity contribution in [2.45, 2.75) is 45.3 Å². The topological polar surface area (TPSA) is 42.4 Å². The van der Waals surface area contributed by atoms with Crippen LogP contribution in [0.2, 0.25) is 0 Å². The molecule has 0 radical (unpaired) electrons. The van der Waals surface area contributed by atoms with E-state index in [9.17, 15) is 5.11 Å². The molecule has 1 aromatic rings. The summed E-state index contributed by atoms with van der Waals surface area (Å²) in [5, 5.41) is 10.2.